The summed E-state index contributed by atoms with van der Waals surface area (Å²) in [5.41, 5.74) is 4.02. The molecular formula is C19H16N2O. The number of carbonyl (C=O) groups excluding carboxylic acids is 1. The zero-order valence-electron chi connectivity index (χ0n) is 12.1. The quantitative estimate of drug-likeness (QED) is 0.790. The lowest BCUT2D eigenvalue weighted by Crippen LogP contribution is -2.14. The molecule has 0 atom stereocenters. The van der Waals surface area contributed by atoms with Crippen molar-refractivity contribution in [3.8, 4) is 11.1 Å². The Kier molecular flexibility index (Phi) is 4.25. The fourth-order valence-electron chi connectivity index (χ4n) is 2.28. The largest absolute Gasteiger partial charge is 0.326 e. The van der Waals surface area contributed by atoms with Crippen LogP contribution in [0.5, 0.6) is 0 Å². The monoisotopic (exact) mass is 288 g/mol. The van der Waals surface area contributed by atoms with E-state index >= 15 is 0 Å². The Balaban J connectivity index is 1.65. The lowest BCUT2D eigenvalue weighted by molar-refractivity contribution is -0.115. The van der Waals surface area contributed by atoms with Crippen molar-refractivity contribution in [1.82, 2.24) is 4.98 Å². The summed E-state index contributed by atoms with van der Waals surface area (Å²) >= 11 is 0. The van der Waals surface area contributed by atoms with Crippen molar-refractivity contribution in [3.63, 3.8) is 0 Å². The number of aromatic nitrogens is 1. The van der Waals surface area contributed by atoms with Gasteiger partial charge in [-0.3, -0.25) is 9.78 Å². The van der Waals surface area contributed by atoms with Gasteiger partial charge >= 0.3 is 0 Å². The van der Waals surface area contributed by atoms with Crippen molar-refractivity contribution < 1.29 is 4.79 Å². The first-order chi connectivity index (χ1) is 10.8. The molecule has 0 aliphatic rings. The van der Waals surface area contributed by atoms with Crippen LogP contribution < -0.4 is 5.32 Å². The second-order valence-electron chi connectivity index (χ2n) is 5.02. The second-order valence-corrected chi connectivity index (χ2v) is 5.02. The van der Waals surface area contributed by atoms with Crippen LogP contribution in [0.2, 0.25) is 0 Å². The average molecular weight is 288 g/mol. The van der Waals surface area contributed by atoms with E-state index in [0.717, 1.165) is 22.4 Å². The number of carbonyl (C=O) groups is 1. The Morgan fingerprint density at radius 3 is 2.14 bits per heavy atom. The van der Waals surface area contributed by atoms with Crippen LogP contribution in [0.15, 0.2) is 79.1 Å². The molecular weight excluding hydrogens is 272 g/mol. The van der Waals surface area contributed by atoms with E-state index in [1.54, 1.807) is 12.4 Å². The maximum atomic E-state index is 12.0. The standard InChI is InChI=1S/C19H16N2O/c22-19(14-15-4-2-1-3-5-15)21-18-8-6-16(7-9-18)17-10-12-20-13-11-17/h1-13H,14H2,(H,21,22). The van der Waals surface area contributed by atoms with Crippen LogP contribution in [0.25, 0.3) is 11.1 Å². The maximum absolute atomic E-state index is 12.0. The molecule has 3 aromatic rings. The first-order valence-electron chi connectivity index (χ1n) is 7.15. The highest BCUT2D eigenvalue weighted by molar-refractivity contribution is 5.92. The van der Waals surface area contributed by atoms with Crippen LogP contribution in [-0.2, 0) is 11.2 Å². The van der Waals surface area contributed by atoms with Gasteiger partial charge in [0.1, 0.15) is 0 Å². The van der Waals surface area contributed by atoms with Gasteiger partial charge in [-0.15, -0.1) is 0 Å². The summed E-state index contributed by atoms with van der Waals surface area (Å²) in [7, 11) is 0. The van der Waals surface area contributed by atoms with Crippen molar-refractivity contribution >= 4 is 11.6 Å². The van der Waals surface area contributed by atoms with E-state index in [4.69, 9.17) is 0 Å². The molecule has 0 unspecified atom stereocenters. The molecule has 1 aromatic heterocycles. The summed E-state index contributed by atoms with van der Waals surface area (Å²) in [6.07, 6.45) is 3.92. The summed E-state index contributed by atoms with van der Waals surface area (Å²) in [5, 5.41) is 2.92. The number of nitrogens with zero attached hydrogens (tertiary/aromatic N) is 1. The van der Waals surface area contributed by atoms with E-state index in [2.05, 4.69) is 10.3 Å². The highest BCUT2D eigenvalue weighted by atomic mass is 16.1. The number of rotatable bonds is 4. The van der Waals surface area contributed by atoms with Crippen LogP contribution in [-0.4, -0.2) is 10.9 Å². The number of anilines is 1. The molecule has 1 amide bonds. The Bertz CT molecular complexity index is 737. The zero-order chi connectivity index (χ0) is 15.2. The van der Waals surface area contributed by atoms with E-state index in [0.29, 0.717) is 6.42 Å². The topological polar surface area (TPSA) is 42.0 Å². The summed E-state index contributed by atoms with van der Waals surface area (Å²) in [4.78, 5) is 16.0. The van der Waals surface area contributed by atoms with E-state index < -0.39 is 0 Å². The molecule has 1 heterocycles. The van der Waals surface area contributed by atoms with Gasteiger partial charge in [-0.25, -0.2) is 0 Å². The number of hydrogen-bond donors (Lipinski definition) is 1. The van der Waals surface area contributed by atoms with Crippen LogP contribution in [0.4, 0.5) is 5.69 Å². The summed E-state index contributed by atoms with van der Waals surface area (Å²) in [5.74, 6) is -0.0112. The van der Waals surface area contributed by atoms with Gasteiger partial charge in [0.2, 0.25) is 5.91 Å². The lowest BCUT2D eigenvalue weighted by atomic mass is 10.1. The Labute approximate surface area is 129 Å². The Morgan fingerprint density at radius 1 is 0.818 bits per heavy atom. The van der Waals surface area contributed by atoms with E-state index in [9.17, 15) is 4.79 Å². The van der Waals surface area contributed by atoms with E-state index in [1.807, 2.05) is 66.7 Å². The minimum absolute atomic E-state index is 0.0112. The predicted molar refractivity (Wildman–Crippen MR) is 88.4 cm³/mol. The van der Waals surface area contributed by atoms with Crippen molar-refractivity contribution in [2.24, 2.45) is 0 Å². The van der Waals surface area contributed by atoms with Gasteiger partial charge in [-0.1, -0.05) is 42.5 Å². The van der Waals surface area contributed by atoms with Crippen molar-refractivity contribution in [1.29, 1.82) is 0 Å². The Morgan fingerprint density at radius 2 is 1.45 bits per heavy atom. The minimum atomic E-state index is -0.0112. The maximum Gasteiger partial charge on any atom is 0.228 e. The summed E-state index contributed by atoms with van der Waals surface area (Å²) in [6, 6.07) is 21.5. The van der Waals surface area contributed by atoms with Crippen LogP contribution in [0.1, 0.15) is 5.56 Å². The summed E-state index contributed by atoms with van der Waals surface area (Å²) < 4.78 is 0. The molecule has 0 bridgehead atoms. The molecule has 22 heavy (non-hydrogen) atoms. The third-order valence-corrected chi connectivity index (χ3v) is 3.39. The fraction of sp³-hybridized carbons (Fsp3) is 0.0526. The minimum Gasteiger partial charge on any atom is -0.326 e. The predicted octanol–water partition coefficient (Wildman–Crippen LogP) is 3.93. The molecule has 0 spiro atoms. The van der Waals surface area contributed by atoms with Gasteiger partial charge < -0.3 is 5.32 Å². The third kappa shape index (κ3) is 3.58. The van der Waals surface area contributed by atoms with Gasteiger partial charge in [0.05, 0.1) is 6.42 Å². The van der Waals surface area contributed by atoms with Gasteiger partial charge in [0, 0.05) is 18.1 Å². The van der Waals surface area contributed by atoms with E-state index in [1.165, 1.54) is 0 Å². The number of hydrogen-bond acceptors (Lipinski definition) is 2. The number of benzene rings is 2. The molecule has 0 radical (unpaired) electrons. The van der Waals surface area contributed by atoms with Gasteiger partial charge in [0.25, 0.3) is 0 Å². The van der Waals surface area contributed by atoms with Crippen molar-refractivity contribution in [2.45, 2.75) is 6.42 Å². The molecule has 3 rings (SSSR count). The molecule has 3 heteroatoms. The average Bonchev–Trinajstić information content (AvgIpc) is 2.57. The lowest BCUT2D eigenvalue weighted by Gasteiger charge is -2.07. The van der Waals surface area contributed by atoms with Crippen LogP contribution in [0, 0.1) is 0 Å². The summed E-state index contributed by atoms with van der Waals surface area (Å²) in [6.45, 7) is 0. The molecule has 0 aliphatic heterocycles. The highest BCUT2D eigenvalue weighted by Gasteiger charge is 2.04. The van der Waals surface area contributed by atoms with Gasteiger partial charge in [0.15, 0.2) is 0 Å². The van der Waals surface area contributed by atoms with Crippen molar-refractivity contribution in [2.75, 3.05) is 5.32 Å². The fourth-order valence-corrected chi connectivity index (χ4v) is 2.28. The SMILES string of the molecule is O=C(Cc1ccccc1)Nc1ccc(-c2ccncc2)cc1. The molecule has 3 nitrogen and oxygen atoms in total. The van der Waals surface area contributed by atoms with Gasteiger partial charge in [-0.05, 0) is 41.0 Å². The second kappa shape index (κ2) is 6.68. The number of pyridine rings is 1. The first kappa shape index (κ1) is 14.0. The number of amides is 1. The molecule has 0 fully saturated rings. The van der Waals surface area contributed by atoms with Crippen molar-refractivity contribution in [3.05, 3.63) is 84.7 Å². The smallest absolute Gasteiger partial charge is 0.228 e. The van der Waals surface area contributed by atoms with Crippen LogP contribution in [0.3, 0.4) is 0 Å². The molecule has 0 aliphatic carbocycles. The third-order valence-electron chi connectivity index (χ3n) is 3.39. The molecule has 0 saturated heterocycles. The number of nitrogens with one attached hydrogen (secondary N) is 1. The normalized spacial score (nSPS) is 10.2. The van der Waals surface area contributed by atoms with Gasteiger partial charge in [-0.2, -0.15) is 0 Å². The first-order valence-corrected chi connectivity index (χ1v) is 7.15. The molecule has 2 aromatic carbocycles. The van der Waals surface area contributed by atoms with Crippen LogP contribution >= 0.6 is 0 Å². The Hall–Kier alpha value is -2.94. The van der Waals surface area contributed by atoms with E-state index in [-0.39, 0.29) is 5.91 Å². The molecule has 1 N–H and O–H groups in total. The highest BCUT2D eigenvalue weighted by Crippen LogP contribution is 2.20. The molecule has 108 valence electrons. The zero-order valence-corrected chi connectivity index (χ0v) is 12.1. The molecule has 0 saturated carbocycles.